The normalized spacial score (nSPS) is 10.1. The largest absolute Gasteiger partial charge is 0.363 e. The van der Waals surface area contributed by atoms with E-state index in [1.165, 1.54) is 6.92 Å². The number of hydrogen-bond acceptors (Lipinski definition) is 5. The first kappa shape index (κ1) is 12.0. The number of rotatable bonds is 3. The van der Waals surface area contributed by atoms with Crippen molar-refractivity contribution in [1.29, 1.82) is 0 Å². The number of ketones is 1. The molecule has 0 aliphatic rings. The molecular formula is C12H12N4O2. The van der Waals surface area contributed by atoms with Gasteiger partial charge in [0, 0.05) is 11.3 Å². The molecule has 2 N–H and O–H groups in total. The van der Waals surface area contributed by atoms with Gasteiger partial charge in [-0.25, -0.2) is 9.89 Å². The van der Waals surface area contributed by atoms with Crippen LogP contribution in [0, 0.1) is 6.92 Å². The lowest BCUT2D eigenvalue weighted by Gasteiger charge is -2.07. The van der Waals surface area contributed by atoms with E-state index in [2.05, 4.69) is 20.5 Å². The molecule has 6 heteroatoms. The number of nitrogens with one attached hydrogen (secondary N) is 2. The monoisotopic (exact) mass is 244 g/mol. The van der Waals surface area contributed by atoms with Crippen molar-refractivity contribution in [2.45, 2.75) is 13.8 Å². The van der Waals surface area contributed by atoms with E-state index in [0.29, 0.717) is 22.8 Å². The average molecular weight is 244 g/mol. The number of Topliss-reactive ketones (excluding diaryl/α,β-unsaturated/α-hetero) is 1. The Morgan fingerprint density at radius 1 is 1.39 bits per heavy atom. The summed E-state index contributed by atoms with van der Waals surface area (Å²) in [6.45, 7) is 3.22. The van der Waals surface area contributed by atoms with E-state index in [1.807, 2.05) is 0 Å². The van der Waals surface area contributed by atoms with E-state index >= 15 is 0 Å². The smallest absolute Gasteiger partial charge is 0.338 e. The van der Waals surface area contributed by atoms with Gasteiger partial charge in [0.05, 0.1) is 0 Å². The summed E-state index contributed by atoms with van der Waals surface area (Å²) >= 11 is 0. The van der Waals surface area contributed by atoms with Gasteiger partial charge in [-0.2, -0.15) is 10.1 Å². The molecule has 0 saturated carbocycles. The van der Waals surface area contributed by atoms with E-state index in [0.717, 1.165) is 0 Å². The molecule has 2 rings (SSSR count). The minimum Gasteiger partial charge on any atom is -0.338 e. The molecule has 0 radical (unpaired) electrons. The maximum Gasteiger partial charge on any atom is 0.363 e. The molecule has 1 aromatic carbocycles. The molecule has 0 aliphatic heterocycles. The molecule has 1 aromatic heterocycles. The van der Waals surface area contributed by atoms with Crippen molar-refractivity contribution in [3.05, 3.63) is 46.0 Å². The minimum absolute atomic E-state index is 0.0210. The summed E-state index contributed by atoms with van der Waals surface area (Å²) in [5.74, 6) is 0.354. The van der Waals surface area contributed by atoms with Gasteiger partial charge in [0.1, 0.15) is 5.69 Å². The highest BCUT2D eigenvalue weighted by Crippen LogP contribution is 2.16. The molecule has 0 unspecified atom stereocenters. The van der Waals surface area contributed by atoms with Crippen LogP contribution in [0.2, 0.25) is 0 Å². The Labute approximate surface area is 103 Å². The highest BCUT2D eigenvalue weighted by Gasteiger charge is 2.05. The van der Waals surface area contributed by atoms with Crippen molar-refractivity contribution < 1.29 is 4.79 Å². The van der Waals surface area contributed by atoms with Crippen LogP contribution >= 0.6 is 0 Å². The van der Waals surface area contributed by atoms with E-state index in [4.69, 9.17) is 0 Å². The molecule has 0 spiro atoms. The van der Waals surface area contributed by atoms with Crippen LogP contribution in [0.25, 0.3) is 0 Å². The second kappa shape index (κ2) is 4.79. The predicted octanol–water partition coefficient (Wildman–Crippen LogP) is 1.42. The third kappa shape index (κ3) is 2.60. The van der Waals surface area contributed by atoms with Gasteiger partial charge >= 0.3 is 5.69 Å². The molecule has 0 saturated heterocycles. The molecule has 6 nitrogen and oxygen atoms in total. The maximum atomic E-state index is 11.3. The number of nitrogens with zero attached hydrogens (tertiary/aromatic N) is 2. The summed E-state index contributed by atoms with van der Waals surface area (Å²) < 4.78 is 0. The van der Waals surface area contributed by atoms with Gasteiger partial charge in [0.2, 0.25) is 0 Å². The van der Waals surface area contributed by atoms with Crippen molar-refractivity contribution >= 4 is 17.3 Å². The van der Waals surface area contributed by atoms with Crippen LogP contribution in [0.3, 0.4) is 0 Å². The quantitative estimate of drug-likeness (QED) is 0.797. The summed E-state index contributed by atoms with van der Waals surface area (Å²) in [5.41, 5.74) is 1.33. The van der Waals surface area contributed by atoms with Crippen LogP contribution in [-0.2, 0) is 0 Å². The van der Waals surface area contributed by atoms with Gasteiger partial charge in [-0.05, 0) is 26.0 Å². The summed E-state index contributed by atoms with van der Waals surface area (Å²) in [6, 6.07) is 6.97. The fourth-order valence-electron chi connectivity index (χ4n) is 1.46. The number of aromatic nitrogens is 3. The number of aromatic amines is 1. The van der Waals surface area contributed by atoms with Crippen molar-refractivity contribution in [3.63, 3.8) is 0 Å². The topological polar surface area (TPSA) is 87.7 Å². The number of carbonyl (C=O) groups is 1. The van der Waals surface area contributed by atoms with Gasteiger partial charge in [0.15, 0.2) is 11.6 Å². The lowest BCUT2D eigenvalue weighted by Crippen LogP contribution is -2.15. The standard InChI is InChI=1S/C12H12N4O2/c1-7-11(14-12(18)16-15-7)13-10-5-3-4-9(6-10)8(2)17/h3-6H,1-2H3,(H2,13,14,16,18). The zero-order valence-electron chi connectivity index (χ0n) is 10.0. The molecule has 0 bridgehead atoms. The van der Waals surface area contributed by atoms with Crippen LogP contribution in [0.15, 0.2) is 29.1 Å². The Kier molecular flexibility index (Phi) is 3.18. The summed E-state index contributed by atoms with van der Waals surface area (Å²) in [7, 11) is 0. The van der Waals surface area contributed by atoms with Crippen molar-refractivity contribution in [2.75, 3.05) is 5.32 Å². The van der Waals surface area contributed by atoms with Gasteiger partial charge in [-0.1, -0.05) is 12.1 Å². The number of carbonyl (C=O) groups excluding carboxylic acids is 1. The van der Waals surface area contributed by atoms with Gasteiger partial charge in [-0.3, -0.25) is 4.79 Å². The lowest BCUT2D eigenvalue weighted by atomic mass is 10.1. The summed E-state index contributed by atoms with van der Waals surface area (Å²) in [5, 5.41) is 9.01. The highest BCUT2D eigenvalue weighted by molar-refractivity contribution is 5.95. The first-order valence-electron chi connectivity index (χ1n) is 5.37. The molecule has 0 atom stereocenters. The average Bonchev–Trinajstić information content (AvgIpc) is 2.34. The lowest BCUT2D eigenvalue weighted by molar-refractivity contribution is 0.101. The van der Waals surface area contributed by atoms with E-state index in [1.54, 1.807) is 31.2 Å². The summed E-state index contributed by atoms with van der Waals surface area (Å²) in [6.07, 6.45) is 0. The molecule has 2 aromatic rings. The highest BCUT2D eigenvalue weighted by atomic mass is 16.1. The Balaban J connectivity index is 2.34. The predicted molar refractivity (Wildman–Crippen MR) is 67.1 cm³/mol. The Hall–Kier alpha value is -2.50. The fraction of sp³-hybridized carbons (Fsp3) is 0.167. The molecule has 0 aliphatic carbocycles. The van der Waals surface area contributed by atoms with E-state index < -0.39 is 5.69 Å². The van der Waals surface area contributed by atoms with Crippen molar-refractivity contribution in [1.82, 2.24) is 15.2 Å². The number of anilines is 2. The molecule has 0 amide bonds. The zero-order chi connectivity index (χ0) is 13.1. The fourth-order valence-corrected chi connectivity index (χ4v) is 1.46. The Morgan fingerprint density at radius 3 is 2.89 bits per heavy atom. The number of hydrogen-bond donors (Lipinski definition) is 2. The Bertz CT molecular complexity index is 649. The molecule has 92 valence electrons. The number of aryl methyl sites for hydroxylation is 1. The number of benzene rings is 1. The second-order valence-electron chi connectivity index (χ2n) is 3.84. The minimum atomic E-state index is -0.522. The van der Waals surface area contributed by atoms with Crippen molar-refractivity contribution in [3.8, 4) is 0 Å². The second-order valence-corrected chi connectivity index (χ2v) is 3.84. The van der Waals surface area contributed by atoms with Crippen LogP contribution in [0.4, 0.5) is 11.5 Å². The summed E-state index contributed by atoms with van der Waals surface area (Å²) in [4.78, 5) is 26.1. The number of H-pyrrole nitrogens is 1. The zero-order valence-corrected chi connectivity index (χ0v) is 10.0. The third-order valence-corrected chi connectivity index (χ3v) is 2.41. The SMILES string of the molecule is CC(=O)c1cccc(Nc2nc(=O)[nH]nc2C)c1. The molecular weight excluding hydrogens is 232 g/mol. The molecule has 1 heterocycles. The third-order valence-electron chi connectivity index (χ3n) is 2.41. The first-order chi connectivity index (χ1) is 8.56. The van der Waals surface area contributed by atoms with Crippen molar-refractivity contribution in [2.24, 2.45) is 0 Å². The Morgan fingerprint density at radius 2 is 2.17 bits per heavy atom. The van der Waals surface area contributed by atoms with Crippen LogP contribution in [-0.4, -0.2) is 21.0 Å². The van der Waals surface area contributed by atoms with Gasteiger partial charge in [-0.15, -0.1) is 0 Å². The molecule has 0 fully saturated rings. The van der Waals surface area contributed by atoms with Crippen LogP contribution in [0.5, 0.6) is 0 Å². The van der Waals surface area contributed by atoms with Crippen LogP contribution < -0.4 is 11.0 Å². The van der Waals surface area contributed by atoms with E-state index in [-0.39, 0.29) is 5.78 Å². The first-order valence-corrected chi connectivity index (χ1v) is 5.37. The van der Waals surface area contributed by atoms with Gasteiger partial charge in [0.25, 0.3) is 0 Å². The molecule has 18 heavy (non-hydrogen) atoms. The van der Waals surface area contributed by atoms with Crippen LogP contribution in [0.1, 0.15) is 23.0 Å². The van der Waals surface area contributed by atoms with E-state index in [9.17, 15) is 9.59 Å². The van der Waals surface area contributed by atoms with Gasteiger partial charge < -0.3 is 5.32 Å². The maximum absolute atomic E-state index is 11.3.